The Morgan fingerprint density at radius 3 is 2.29 bits per heavy atom. The molecule has 0 aliphatic carbocycles. The molecule has 1 saturated heterocycles. The van der Waals surface area contributed by atoms with Gasteiger partial charge in [-0.3, -0.25) is 10.8 Å². The molecule has 0 spiro atoms. The van der Waals surface area contributed by atoms with Gasteiger partial charge in [0, 0.05) is 6.42 Å². The molecular formula is C4H6N2O. The first-order valence-corrected chi connectivity index (χ1v) is 2.10. The third kappa shape index (κ3) is 0.607. The topological polar surface area (TPSA) is 56.9 Å². The standard InChI is InChI=1S/C4H6N2O/c5-3-1-2-7-4(3)6/h5-6H,1-2H2. The van der Waals surface area contributed by atoms with Crippen molar-refractivity contribution in [2.24, 2.45) is 0 Å². The molecule has 0 atom stereocenters. The van der Waals surface area contributed by atoms with Gasteiger partial charge < -0.3 is 4.74 Å². The quantitative estimate of drug-likeness (QED) is 0.452. The molecular weight excluding hydrogens is 92.1 g/mol. The number of ether oxygens (including phenoxy) is 1. The molecule has 1 rings (SSSR count). The monoisotopic (exact) mass is 98.0 g/mol. The molecule has 1 aliphatic heterocycles. The minimum atomic E-state index is 0.0417. The summed E-state index contributed by atoms with van der Waals surface area (Å²) in [5.41, 5.74) is 0.319. The summed E-state index contributed by atoms with van der Waals surface area (Å²) in [6.07, 6.45) is 0.610. The summed E-state index contributed by atoms with van der Waals surface area (Å²) >= 11 is 0. The highest BCUT2D eigenvalue weighted by Crippen LogP contribution is 1.98. The van der Waals surface area contributed by atoms with Crippen molar-refractivity contribution in [3.8, 4) is 0 Å². The van der Waals surface area contributed by atoms with Crippen LogP contribution in [0.25, 0.3) is 0 Å². The highest BCUT2D eigenvalue weighted by Gasteiger charge is 2.12. The van der Waals surface area contributed by atoms with Crippen molar-refractivity contribution in [3.63, 3.8) is 0 Å². The zero-order valence-electron chi connectivity index (χ0n) is 3.82. The van der Waals surface area contributed by atoms with Gasteiger partial charge in [0.2, 0.25) is 5.90 Å². The van der Waals surface area contributed by atoms with E-state index >= 15 is 0 Å². The summed E-state index contributed by atoms with van der Waals surface area (Å²) in [4.78, 5) is 0. The predicted octanol–water partition coefficient (Wildman–Crippen LogP) is 0.404. The number of hydrogen-bond donors (Lipinski definition) is 2. The Morgan fingerprint density at radius 2 is 2.14 bits per heavy atom. The van der Waals surface area contributed by atoms with Gasteiger partial charge in [0.1, 0.15) is 0 Å². The fourth-order valence-electron chi connectivity index (χ4n) is 0.456. The molecule has 1 fully saturated rings. The molecule has 0 aromatic heterocycles. The van der Waals surface area contributed by atoms with Crippen molar-refractivity contribution in [1.82, 2.24) is 0 Å². The third-order valence-electron chi connectivity index (χ3n) is 0.873. The molecule has 2 N–H and O–H groups in total. The lowest BCUT2D eigenvalue weighted by Gasteiger charge is -1.85. The van der Waals surface area contributed by atoms with Gasteiger partial charge in [0.15, 0.2) is 0 Å². The van der Waals surface area contributed by atoms with Crippen molar-refractivity contribution in [2.45, 2.75) is 6.42 Å². The van der Waals surface area contributed by atoms with Crippen molar-refractivity contribution < 1.29 is 4.74 Å². The van der Waals surface area contributed by atoms with Crippen molar-refractivity contribution in [1.29, 1.82) is 10.8 Å². The Morgan fingerprint density at radius 1 is 1.43 bits per heavy atom. The van der Waals surface area contributed by atoms with Crippen LogP contribution < -0.4 is 0 Å². The average Bonchev–Trinajstić information content (AvgIpc) is 1.91. The van der Waals surface area contributed by atoms with Crippen LogP contribution in [0.3, 0.4) is 0 Å². The predicted molar refractivity (Wildman–Crippen MR) is 26.0 cm³/mol. The van der Waals surface area contributed by atoms with E-state index in [0.29, 0.717) is 18.7 Å². The molecule has 38 valence electrons. The largest absolute Gasteiger partial charge is 0.476 e. The minimum Gasteiger partial charge on any atom is -0.476 e. The van der Waals surface area contributed by atoms with Gasteiger partial charge in [-0.15, -0.1) is 0 Å². The Hall–Kier alpha value is -0.860. The summed E-state index contributed by atoms with van der Waals surface area (Å²) in [5.74, 6) is 0.0417. The van der Waals surface area contributed by atoms with E-state index in [-0.39, 0.29) is 5.90 Å². The molecule has 0 saturated carbocycles. The van der Waals surface area contributed by atoms with Crippen molar-refractivity contribution >= 4 is 11.6 Å². The third-order valence-corrected chi connectivity index (χ3v) is 0.873. The van der Waals surface area contributed by atoms with Crippen molar-refractivity contribution in [3.05, 3.63) is 0 Å². The molecule has 0 aromatic rings. The van der Waals surface area contributed by atoms with E-state index in [1.807, 2.05) is 0 Å². The van der Waals surface area contributed by atoms with Crippen LogP contribution >= 0.6 is 0 Å². The summed E-state index contributed by atoms with van der Waals surface area (Å²) in [6.45, 7) is 0.525. The number of nitrogens with one attached hydrogen (secondary N) is 2. The second-order valence-electron chi connectivity index (χ2n) is 1.41. The maximum absolute atomic E-state index is 6.91. The lowest BCUT2D eigenvalue weighted by atomic mass is 10.3. The molecule has 1 aliphatic rings. The number of hydrogen-bond acceptors (Lipinski definition) is 3. The van der Waals surface area contributed by atoms with Gasteiger partial charge >= 0.3 is 0 Å². The molecule has 7 heavy (non-hydrogen) atoms. The lowest BCUT2D eigenvalue weighted by molar-refractivity contribution is 0.341. The van der Waals surface area contributed by atoms with Crippen LogP contribution in [0.4, 0.5) is 0 Å². The first-order valence-electron chi connectivity index (χ1n) is 2.10. The summed E-state index contributed by atoms with van der Waals surface area (Å²) in [7, 11) is 0. The van der Waals surface area contributed by atoms with E-state index in [9.17, 15) is 0 Å². The second kappa shape index (κ2) is 1.33. The Labute approximate surface area is 41.3 Å². The highest BCUT2D eigenvalue weighted by molar-refractivity contribution is 6.37. The Balaban J connectivity index is 2.65. The van der Waals surface area contributed by atoms with E-state index in [1.54, 1.807) is 0 Å². The van der Waals surface area contributed by atoms with Crippen LogP contribution in [0.2, 0.25) is 0 Å². The molecule has 0 bridgehead atoms. The van der Waals surface area contributed by atoms with Crippen LogP contribution in [0.1, 0.15) is 6.42 Å². The van der Waals surface area contributed by atoms with Gasteiger partial charge in [0.25, 0.3) is 0 Å². The maximum Gasteiger partial charge on any atom is 0.227 e. The van der Waals surface area contributed by atoms with Crippen LogP contribution in [0.5, 0.6) is 0 Å². The van der Waals surface area contributed by atoms with Gasteiger partial charge in [0.05, 0.1) is 12.3 Å². The first kappa shape index (κ1) is 4.30. The average molecular weight is 98.1 g/mol. The summed E-state index contributed by atoms with van der Waals surface area (Å²) < 4.78 is 4.62. The Bertz CT molecular complexity index is 105. The summed E-state index contributed by atoms with van der Waals surface area (Å²) in [5, 5.41) is 13.7. The lowest BCUT2D eigenvalue weighted by Crippen LogP contribution is -2.01. The molecule has 0 unspecified atom stereocenters. The van der Waals surface area contributed by atoms with Crippen LogP contribution in [-0.4, -0.2) is 18.2 Å². The zero-order chi connectivity index (χ0) is 5.28. The minimum absolute atomic E-state index is 0.0417. The molecule has 0 aromatic carbocycles. The van der Waals surface area contributed by atoms with Gasteiger partial charge in [-0.25, -0.2) is 0 Å². The van der Waals surface area contributed by atoms with E-state index in [2.05, 4.69) is 4.74 Å². The highest BCUT2D eigenvalue weighted by atomic mass is 16.5. The second-order valence-corrected chi connectivity index (χ2v) is 1.41. The first-order chi connectivity index (χ1) is 3.30. The van der Waals surface area contributed by atoms with Crippen LogP contribution in [-0.2, 0) is 4.74 Å². The van der Waals surface area contributed by atoms with Crippen molar-refractivity contribution in [2.75, 3.05) is 6.61 Å². The van der Waals surface area contributed by atoms with E-state index in [4.69, 9.17) is 10.8 Å². The van der Waals surface area contributed by atoms with Gasteiger partial charge in [-0.2, -0.15) is 0 Å². The molecule has 3 nitrogen and oxygen atoms in total. The zero-order valence-corrected chi connectivity index (χ0v) is 3.82. The van der Waals surface area contributed by atoms with Gasteiger partial charge in [-0.1, -0.05) is 0 Å². The van der Waals surface area contributed by atoms with Gasteiger partial charge in [-0.05, 0) is 0 Å². The fourth-order valence-corrected chi connectivity index (χ4v) is 0.456. The van der Waals surface area contributed by atoms with E-state index < -0.39 is 0 Å². The van der Waals surface area contributed by atoms with E-state index in [1.165, 1.54) is 0 Å². The number of rotatable bonds is 0. The smallest absolute Gasteiger partial charge is 0.227 e. The van der Waals surface area contributed by atoms with Crippen LogP contribution in [0.15, 0.2) is 0 Å². The van der Waals surface area contributed by atoms with Crippen LogP contribution in [0, 0.1) is 10.8 Å². The summed E-state index contributed by atoms with van der Waals surface area (Å²) in [6, 6.07) is 0. The molecule has 0 radical (unpaired) electrons. The molecule has 3 heteroatoms. The Kier molecular flexibility index (Phi) is 0.817. The molecule has 1 heterocycles. The molecule has 0 amide bonds. The maximum atomic E-state index is 6.91. The SMILES string of the molecule is N=C1CCOC1=N. The normalized spacial score (nSPS) is 20.0. The fraction of sp³-hybridized carbons (Fsp3) is 0.500. The van der Waals surface area contributed by atoms with E-state index in [0.717, 1.165) is 0 Å².